The van der Waals surface area contributed by atoms with Crippen molar-refractivity contribution in [3.8, 4) is 5.69 Å². The predicted octanol–water partition coefficient (Wildman–Crippen LogP) is 2.33. The molecular weight excluding hydrogens is 332 g/mol. The number of hydrogen-bond donors (Lipinski definition) is 1. The van der Waals surface area contributed by atoms with Gasteiger partial charge in [0.15, 0.2) is 0 Å². The number of benzene rings is 1. The molecule has 0 bridgehead atoms. The molecular formula is C18H18N6O2. The normalized spacial score (nSPS) is 13.4. The van der Waals surface area contributed by atoms with Crippen LogP contribution in [-0.2, 0) is 11.3 Å². The van der Waals surface area contributed by atoms with E-state index in [0.717, 1.165) is 29.9 Å². The highest BCUT2D eigenvalue weighted by molar-refractivity contribution is 5.90. The van der Waals surface area contributed by atoms with Gasteiger partial charge in [-0.25, -0.2) is 4.79 Å². The lowest BCUT2D eigenvalue weighted by atomic mass is 10.1. The summed E-state index contributed by atoms with van der Waals surface area (Å²) in [5, 5.41) is 15.0. The number of methoxy groups -OCH3 is 1. The number of nitrogens with one attached hydrogen (secondary N) is 1. The fourth-order valence-electron chi connectivity index (χ4n) is 2.78. The maximum Gasteiger partial charge on any atom is 0.339 e. The smallest absolute Gasteiger partial charge is 0.339 e. The number of aromatic nitrogens is 5. The number of nitrogens with zero attached hydrogens (tertiary/aromatic N) is 5. The van der Waals surface area contributed by atoms with Gasteiger partial charge in [-0.05, 0) is 47.5 Å². The van der Waals surface area contributed by atoms with Gasteiger partial charge < -0.3 is 10.1 Å². The van der Waals surface area contributed by atoms with Gasteiger partial charge in [0.1, 0.15) is 0 Å². The highest BCUT2D eigenvalue weighted by atomic mass is 16.5. The number of carbonyl (C=O) groups is 1. The molecule has 2 aromatic heterocycles. The molecule has 26 heavy (non-hydrogen) atoms. The van der Waals surface area contributed by atoms with Gasteiger partial charge in [-0.2, -0.15) is 4.68 Å². The fraction of sp³-hybridized carbons (Fsp3) is 0.278. The lowest BCUT2D eigenvalue weighted by Gasteiger charge is -2.10. The Morgan fingerprint density at radius 3 is 2.77 bits per heavy atom. The number of hydrogen-bond acceptors (Lipinski definition) is 7. The van der Waals surface area contributed by atoms with E-state index in [-0.39, 0.29) is 5.97 Å². The second-order valence-electron chi connectivity index (χ2n) is 6.10. The minimum atomic E-state index is -0.341. The number of carbonyl (C=O) groups excluding carboxylic acids is 1. The summed E-state index contributed by atoms with van der Waals surface area (Å²) in [6.07, 6.45) is 2.11. The summed E-state index contributed by atoms with van der Waals surface area (Å²) in [4.78, 5) is 16.6. The topological polar surface area (TPSA) is 94.8 Å². The molecule has 0 spiro atoms. The molecule has 132 valence electrons. The highest BCUT2D eigenvalue weighted by Crippen LogP contribution is 2.40. The monoisotopic (exact) mass is 350 g/mol. The lowest BCUT2D eigenvalue weighted by molar-refractivity contribution is 0.0598. The van der Waals surface area contributed by atoms with Crippen LogP contribution in [0.1, 0.15) is 40.5 Å². The lowest BCUT2D eigenvalue weighted by Crippen LogP contribution is -2.12. The molecule has 0 amide bonds. The van der Waals surface area contributed by atoms with Crippen LogP contribution in [0.2, 0.25) is 0 Å². The molecule has 1 aliphatic carbocycles. The number of anilines is 1. The summed E-state index contributed by atoms with van der Waals surface area (Å²) >= 11 is 0. The van der Waals surface area contributed by atoms with Crippen molar-refractivity contribution in [2.24, 2.45) is 0 Å². The molecule has 0 atom stereocenters. The summed E-state index contributed by atoms with van der Waals surface area (Å²) in [6, 6.07) is 13.2. The fourth-order valence-corrected chi connectivity index (χ4v) is 2.78. The minimum absolute atomic E-state index is 0.341. The van der Waals surface area contributed by atoms with Crippen LogP contribution < -0.4 is 5.32 Å². The third kappa shape index (κ3) is 3.26. The molecule has 1 aliphatic rings. The van der Waals surface area contributed by atoms with Gasteiger partial charge in [0, 0.05) is 5.92 Å². The van der Waals surface area contributed by atoms with E-state index in [1.54, 1.807) is 10.7 Å². The molecule has 0 unspecified atom stereocenters. The van der Waals surface area contributed by atoms with Crippen molar-refractivity contribution in [2.75, 3.05) is 12.4 Å². The van der Waals surface area contributed by atoms with Gasteiger partial charge in [-0.15, -0.1) is 0 Å². The zero-order valence-corrected chi connectivity index (χ0v) is 14.3. The Morgan fingerprint density at radius 1 is 1.23 bits per heavy atom. The summed E-state index contributed by atoms with van der Waals surface area (Å²) < 4.78 is 6.48. The van der Waals surface area contributed by atoms with Crippen LogP contribution in [0.25, 0.3) is 5.69 Å². The third-order valence-electron chi connectivity index (χ3n) is 4.25. The van der Waals surface area contributed by atoms with Crippen LogP contribution in [-0.4, -0.2) is 38.3 Å². The van der Waals surface area contributed by atoms with E-state index in [9.17, 15) is 4.79 Å². The summed E-state index contributed by atoms with van der Waals surface area (Å²) in [5.41, 5.74) is 3.06. The molecule has 8 heteroatoms. The second kappa shape index (κ2) is 6.91. The average molecular weight is 350 g/mol. The molecule has 1 saturated carbocycles. The number of rotatable bonds is 6. The Hall–Kier alpha value is -3.29. The zero-order valence-electron chi connectivity index (χ0n) is 14.3. The molecule has 1 fully saturated rings. The number of tetrazole rings is 1. The Morgan fingerprint density at radius 2 is 2.04 bits per heavy atom. The molecule has 8 nitrogen and oxygen atoms in total. The van der Waals surface area contributed by atoms with Crippen molar-refractivity contribution in [1.29, 1.82) is 0 Å². The van der Waals surface area contributed by atoms with E-state index >= 15 is 0 Å². The summed E-state index contributed by atoms with van der Waals surface area (Å²) in [6.45, 7) is 0.453. The molecule has 4 rings (SSSR count). The average Bonchev–Trinajstić information content (AvgIpc) is 3.44. The molecule has 0 saturated heterocycles. The van der Waals surface area contributed by atoms with Gasteiger partial charge in [-0.3, -0.25) is 4.98 Å². The molecule has 0 radical (unpaired) electrons. The first-order valence-electron chi connectivity index (χ1n) is 8.42. The quantitative estimate of drug-likeness (QED) is 0.682. The van der Waals surface area contributed by atoms with Crippen molar-refractivity contribution in [3.05, 3.63) is 59.4 Å². The number of para-hydroxylation sites is 1. The Kier molecular flexibility index (Phi) is 4.30. The van der Waals surface area contributed by atoms with E-state index in [0.29, 0.717) is 24.0 Å². The number of ether oxygens (including phenoxy) is 1. The van der Waals surface area contributed by atoms with Gasteiger partial charge in [0.2, 0.25) is 5.95 Å². The number of esters is 1. The van der Waals surface area contributed by atoms with Crippen LogP contribution in [0.3, 0.4) is 0 Å². The van der Waals surface area contributed by atoms with Crippen LogP contribution in [0, 0.1) is 0 Å². The third-order valence-corrected chi connectivity index (χ3v) is 4.25. The predicted molar refractivity (Wildman–Crippen MR) is 94.0 cm³/mol. The van der Waals surface area contributed by atoms with E-state index in [1.165, 1.54) is 7.11 Å². The Balaban J connectivity index is 1.53. The van der Waals surface area contributed by atoms with E-state index < -0.39 is 0 Å². The van der Waals surface area contributed by atoms with Gasteiger partial charge in [0.25, 0.3) is 0 Å². The van der Waals surface area contributed by atoms with E-state index in [4.69, 9.17) is 4.74 Å². The summed E-state index contributed by atoms with van der Waals surface area (Å²) in [7, 11) is 1.39. The maximum absolute atomic E-state index is 11.9. The first-order valence-corrected chi connectivity index (χ1v) is 8.42. The van der Waals surface area contributed by atoms with Crippen molar-refractivity contribution >= 4 is 11.9 Å². The van der Waals surface area contributed by atoms with Crippen molar-refractivity contribution in [2.45, 2.75) is 25.3 Å². The molecule has 1 N–H and O–H groups in total. The van der Waals surface area contributed by atoms with E-state index in [2.05, 4.69) is 25.8 Å². The maximum atomic E-state index is 11.9. The SMILES string of the molecule is COC(=O)c1ccc(CNc2nnnn2-c2ccccc2)nc1C1CC1. The van der Waals surface area contributed by atoms with Crippen molar-refractivity contribution in [1.82, 2.24) is 25.2 Å². The Bertz CT molecular complexity index is 920. The Labute approximate surface area is 150 Å². The van der Waals surface area contributed by atoms with Gasteiger partial charge >= 0.3 is 5.97 Å². The molecule has 0 aliphatic heterocycles. The van der Waals surface area contributed by atoms with Crippen LogP contribution >= 0.6 is 0 Å². The zero-order chi connectivity index (χ0) is 17.9. The van der Waals surface area contributed by atoms with Gasteiger partial charge in [0.05, 0.1) is 36.3 Å². The van der Waals surface area contributed by atoms with Crippen molar-refractivity contribution < 1.29 is 9.53 Å². The van der Waals surface area contributed by atoms with Crippen molar-refractivity contribution in [3.63, 3.8) is 0 Å². The minimum Gasteiger partial charge on any atom is -0.465 e. The number of pyridine rings is 1. The standard InChI is InChI=1S/C18H18N6O2/c1-26-17(25)15-10-9-13(20-16(15)12-7-8-12)11-19-18-21-22-23-24(18)14-5-3-2-4-6-14/h2-6,9-10,12H,7-8,11H2,1H3,(H,19,21,23). The van der Waals surface area contributed by atoms with Crippen LogP contribution in [0.15, 0.2) is 42.5 Å². The molecule has 2 heterocycles. The first-order chi connectivity index (χ1) is 12.8. The first kappa shape index (κ1) is 16.2. The molecule has 3 aromatic rings. The summed E-state index contributed by atoms with van der Waals surface area (Å²) in [5.74, 6) is 0.536. The largest absolute Gasteiger partial charge is 0.465 e. The highest BCUT2D eigenvalue weighted by Gasteiger charge is 2.30. The van der Waals surface area contributed by atoms with Crippen LogP contribution in [0.5, 0.6) is 0 Å². The second-order valence-corrected chi connectivity index (χ2v) is 6.10. The molecule has 1 aromatic carbocycles. The van der Waals surface area contributed by atoms with E-state index in [1.807, 2.05) is 36.4 Å². The van der Waals surface area contributed by atoms with Gasteiger partial charge in [-0.1, -0.05) is 23.3 Å². The van der Waals surface area contributed by atoms with Crippen LogP contribution in [0.4, 0.5) is 5.95 Å².